The second-order valence-corrected chi connectivity index (χ2v) is 7.34. The zero-order chi connectivity index (χ0) is 17.7. The van der Waals surface area contributed by atoms with Crippen molar-refractivity contribution < 1.29 is 14.3 Å². The van der Waals surface area contributed by atoms with E-state index in [4.69, 9.17) is 15.2 Å². The first-order valence-corrected chi connectivity index (χ1v) is 9.47. The van der Waals surface area contributed by atoms with Gasteiger partial charge in [0.2, 0.25) is 5.91 Å². The van der Waals surface area contributed by atoms with Gasteiger partial charge >= 0.3 is 0 Å². The Morgan fingerprint density at radius 3 is 2.60 bits per heavy atom. The fourth-order valence-electron chi connectivity index (χ4n) is 4.06. The second-order valence-electron chi connectivity index (χ2n) is 7.34. The van der Waals surface area contributed by atoms with E-state index in [0.29, 0.717) is 13.2 Å². The van der Waals surface area contributed by atoms with Gasteiger partial charge < -0.3 is 20.5 Å². The maximum atomic E-state index is 12.5. The lowest BCUT2D eigenvalue weighted by molar-refractivity contribution is -0.125. The minimum absolute atomic E-state index is 0.0562. The number of rotatable bonds is 6. The van der Waals surface area contributed by atoms with E-state index in [-0.39, 0.29) is 23.3 Å². The predicted octanol–water partition coefficient (Wildman–Crippen LogP) is 2.38. The van der Waals surface area contributed by atoms with Crippen LogP contribution in [0, 0.1) is 5.92 Å². The van der Waals surface area contributed by atoms with Crippen LogP contribution in [0.2, 0.25) is 0 Å². The van der Waals surface area contributed by atoms with Gasteiger partial charge in [0.1, 0.15) is 5.75 Å². The van der Waals surface area contributed by atoms with Crippen LogP contribution in [0.3, 0.4) is 0 Å². The summed E-state index contributed by atoms with van der Waals surface area (Å²) in [6.07, 6.45) is 4.52. The molecule has 5 heteroatoms. The normalized spacial score (nSPS) is 25.5. The Kier molecular flexibility index (Phi) is 5.97. The third-order valence-electron chi connectivity index (χ3n) is 5.67. The standard InChI is InChI=1S/C20H30N2O3/c1-2-25-18-7-4-16(5-8-18)20(9-11-24-12-10-20)14-22-19(23)15-3-6-17(21)13-15/h4-5,7-8,15,17H,2-3,6,9-14,21H2,1H3,(H,22,23). The molecule has 25 heavy (non-hydrogen) atoms. The number of nitrogens with two attached hydrogens (primary N) is 1. The number of hydrogen-bond donors (Lipinski definition) is 2. The topological polar surface area (TPSA) is 73.6 Å². The monoisotopic (exact) mass is 346 g/mol. The van der Waals surface area contributed by atoms with Gasteiger partial charge in [-0.15, -0.1) is 0 Å². The van der Waals surface area contributed by atoms with Gasteiger partial charge in [0.15, 0.2) is 0 Å². The van der Waals surface area contributed by atoms with Crippen LogP contribution in [0.25, 0.3) is 0 Å². The van der Waals surface area contributed by atoms with E-state index in [9.17, 15) is 4.79 Å². The molecule has 1 aliphatic heterocycles. The van der Waals surface area contributed by atoms with Crippen molar-refractivity contribution in [1.82, 2.24) is 5.32 Å². The quantitative estimate of drug-likeness (QED) is 0.829. The largest absolute Gasteiger partial charge is 0.494 e. The van der Waals surface area contributed by atoms with Crippen LogP contribution in [-0.4, -0.2) is 38.3 Å². The fraction of sp³-hybridized carbons (Fsp3) is 0.650. The average molecular weight is 346 g/mol. The van der Waals surface area contributed by atoms with Crippen LogP contribution in [0.15, 0.2) is 24.3 Å². The minimum Gasteiger partial charge on any atom is -0.494 e. The highest BCUT2D eigenvalue weighted by Gasteiger charge is 2.36. The Morgan fingerprint density at radius 2 is 2.00 bits per heavy atom. The number of hydrogen-bond acceptors (Lipinski definition) is 4. The summed E-state index contributed by atoms with van der Waals surface area (Å²) in [4.78, 5) is 12.5. The van der Waals surface area contributed by atoms with Gasteiger partial charge in [-0.2, -0.15) is 0 Å². The summed E-state index contributed by atoms with van der Waals surface area (Å²) in [6.45, 7) is 4.78. The Morgan fingerprint density at radius 1 is 1.28 bits per heavy atom. The zero-order valence-corrected chi connectivity index (χ0v) is 15.1. The van der Waals surface area contributed by atoms with Crippen molar-refractivity contribution in [1.29, 1.82) is 0 Å². The van der Waals surface area contributed by atoms with Crippen LogP contribution >= 0.6 is 0 Å². The predicted molar refractivity (Wildman–Crippen MR) is 97.7 cm³/mol. The third kappa shape index (κ3) is 4.33. The number of benzene rings is 1. The fourth-order valence-corrected chi connectivity index (χ4v) is 4.06. The van der Waals surface area contributed by atoms with Crippen molar-refractivity contribution in [2.75, 3.05) is 26.4 Å². The van der Waals surface area contributed by atoms with Crippen molar-refractivity contribution in [2.45, 2.75) is 50.5 Å². The molecular formula is C20H30N2O3. The van der Waals surface area contributed by atoms with E-state index < -0.39 is 0 Å². The number of ether oxygens (including phenoxy) is 2. The lowest BCUT2D eigenvalue weighted by Gasteiger charge is -2.38. The van der Waals surface area contributed by atoms with E-state index >= 15 is 0 Å². The van der Waals surface area contributed by atoms with Gasteiger partial charge in [0, 0.05) is 37.1 Å². The first-order valence-electron chi connectivity index (χ1n) is 9.47. The van der Waals surface area contributed by atoms with Crippen molar-refractivity contribution in [3.63, 3.8) is 0 Å². The van der Waals surface area contributed by atoms with Gasteiger partial charge in [0.05, 0.1) is 6.61 Å². The van der Waals surface area contributed by atoms with Crippen molar-refractivity contribution in [3.8, 4) is 5.75 Å². The summed E-state index contributed by atoms with van der Waals surface area (Å²) in [5, 5.41) is 3.21. The van der Waals surface area contributed by atoms with Gasteiger partial charge in [0.25, 0.3) is 0 Å². The molecule has 1 saturated carbocycles. The molecule has 5 nitrogen and oxygen atoms in total. The molecule has 1 aliphatic carbocycles. The highest BCUT2D eigenvalue weighted by atomic mass is 16.5. The van der Waals surface area contributed by atoms with Crippen LogP contribution in [0.5, 0.6) is 5.75 Å². The molecule has 2 fully saturated rings. The third-order valence-corrected chi connectivity index (χ3v) is 5.67. The van der Waals surface area contributed by atoms with Gasteiger partial charge in [-0.3, -0.25) is 4.79 Å². The lowest BCUT2D eigenvalue weighted by Crippen LogP contribution is -2.45. The Bertz CT molecular complexity index is 567. The van der Waals surface area contributed by atoms with Gasteiger partial charge in [-0.1, -0.05) is 12.1 Å². The van der Waals surface area contributed by atoms with Crippen LogP contribution in [0.1, 0.15) is 44.6 Å². The average Bonchev–Trinajstić information content (AvgIpc) is 3.08. The summed E-state index contributed by atoms with van der Waals surface area (Å²) in [7, 11) is 0. The maximum Gasteiger partial charge on any atom is 0.223 e. The molecule has 1 aromatic rings. The van der Waals surface area contributed by atoms with E-state index in [1.54, 1.807) is 0 Å². The van der Waals surface area contributed by atoms with Crippen molar-refractivity contribution >= 4 is 5.91 Å². The first-order chi connectivity index (χ1) is 12.1. The molecule has 0 radical (unpaired) electrons. The van der Waals surface area contributed by atoms with Crippen LogP contribution < -0.4 is 15.8 Å². The molecule has 2 unspecified atom stereocenters. The first kappa shape index (κ1) is 18.2. The summed E-state index contributed by atoms with van der Waals surface area (Å²) in [6, 6.07) is 8.49. The molecule has 3 rings (SSSR count). The number of carbonyl (C=O) groups is 1. The van der Waals surface area contributed by atoms with Gasteiger partial charge in [-0.05, 0) is 56.7 Å². The molecule has 1 aromatic carbocycles. The minimum atomic E-state index is -0.0562. The van der Waals surface area contributed by atoms with Crippen LogP contribution in [0.4, 0.5) is 0 Å². The molecule has 2 aliphatic rings. The summed E-state index contributed by atoms with van der Waals surface area (Å²) in [5.41, 5.74) is 7.15. The Hall–Kier alpha value is -1.59. The maximum absolute atomic E-state index is 12.5. The summed E-state index contributed by atoms with van der Waals surface area (Å²) < 4.78 is 11.1. The summed E-state index contributed by atoms with van der Waals surface area (Å²) in [5.74, 6) is 1.12. The lowest BCUT2D eigenvalue weighted by atomic mass is 9.74. The molecule has 0 bridgehead atoms. The molecule has 2 atom stereocenters. The van der Waals surface area contributed by atoms with E-state index in [1.165, 1.54) is 5.56 Å². The second kappa shape index (κ2) is 8.19. The molecular weight excluding hydrogens is 316 g/mol. The van der Waals surface area contributed by atoms with Crippen molar-refractivity contribution in [3.05, 3.63) is 29.8 Å². The highest BCUT2D eigenvalue weighted by molar-refractivity contribution is 5.79. The molecule has 0 spiro atoms. The molecule has 1 amide bonds. The summed E-state index contributed by atoms with van der Waals surface area (Å²) >= 11 is 0. The smallest absolute Gasteiger partial charge is 0.223 e. The van der Waals surface area contributed by atoms with E-state index in [1.807, 2.05) is 19.1 Å². The number of carbonyl (C=O) groups excluding carboxylic acids is 1. The number of amides is 1. The van der Waals surface area contributed by atoms with Gasteiger partial charge in [-0.25, -0.2) is 0 Å². The molecule has 1 saturated heterocycles. The van der Waals surface area contributed by atoms with E-state index in [2.05, 4.69) is 17.4 Å². The van der Waals surface area contributed by atoms with E-state index in [0.717, 1.165) is 51.1 Å². The highest BCUT2D eigenvalue weighted by Crippen LogP contribution is 2.35. The molecule has 1 heterocycles. The zero-order valence-electron chi connectivity index (χ0n) is 15.1. The Labute approximate surface area is 150 Å². The van der Waals surface area contributed by atoms with Crippen LogP contribution in [-0.2, 0) is 14.9 Å². The molecule has 3 N–H and O–H groups in total. The Balaban J connectivity index is 1.69. The van der Waals surface area contributed by atoms with Crippen molar-refractivity contribution in [2.24, 2.45) is 11.7 Å². The molecule has 138 valence electrons. The number of nitrogens with one attached hydrogen (secondary N) is 1. The SMILES string of the molecule is CCOc1ccc(C2(CNC(=O)C3CCC(N)C3)CCOCC2)cc1. The molecule has 0 aromatic heterocycles.